The third-order valence-electron chi connectivity index (χ3n) is 2.84. The molecule has 0 saturated heterocycles. The van der Waals surface area contributed by atoms with Crippen LogP contribution in [0.5, 0.6) is 11.5 Å². The Morgan fingerprint density at radius 2 is 1.62 bits per heavy atom. The number of hydrogen-bond acceptors (Lipinski definition) is 2. The van der Waals surface area contributed by atoms with Crippen LogP contribution in [0.4, 0.5) is 0 Å². The fourth-order valence-electron chi connectivity index (χ4n) is 1.77. The van der Waals surface area contributed by atoms with E-state index in [9.17, 15) is 0 Å². The summed E-state index contributed by atoms with van der Waals surface area (Å²) in [5, 5.41) is 5.10. The van der Waals surface area contributed by atoms with Crippen LogP contribution in [0, 0.1) is 0 Å². The van der Waals surface area contributed by atoms with E-state index in [1.54, 1.807) is 24.3 Å². The maximum Gasteiger partial charge on any atom is 0.147 e. The molecule has 2 aromatic rings. The molecule has 2 nitrogen and oxygen atoms in total. The average Bonchev–Trinajstić information content (AvgIpc) is 2.43. The second-order valence-electron chi connectivity index (χ2n) is 4.96. The highest BCUT2D eigenvalue weighted by Crippen LogP contribution is 2.34. The number of benzene rings is 2. The van der Waals surface area contributed by atoms with Gasteiger partial charge in [0, 0.05) is 34.3 Å². The number of halogens is 3. The fourth-order valence-corrected chi connectivity index (χ4v) is 2.29. The van der Waals surface area contributed by atoms with Gasteiger partial charge >= 0.3 is 0 Å². The summed E-state index contributed by atoms with van der Waals surface area (Å²) in [7, 11) is 0. The van der Waals surface area contributed by atoms with E-state index in [1.165, 1.54) is 0 Å². The molecule has 0 amide bonds. The first-order chi connectivity index (χ1) is 9.95. The van der Waals surface area contributed by atoms with Gasteiger partial charge in [-0.05, 0) is 30.3 Å². The lowest BCUT2D eigenvalue weighted by Gasteiger charge is -2.15. The van der Waals surface area contributed by atoms with Crippen molar-refractivity contribution in [2.45, 2.75) is 26.4 Å². The topological polar surface area (TPSA) is 21.3 Å². The van der Waals surface area contributed by atoms with Crippen molar-refractivity contribution in [1.82, 2.24) is 5.32 Å². The van der Waals surface area contributed by atoms with Crippen LogP contribution in [0.2, 0.25) is 15.1 Å². The second-order valence-corrected chi connectivity index (χ2v) is 6.24. The molecule has 0 heterocycles. The minimum atomic E-state index is 0.367. The molecule has 0 fully saturated rings. The SMILES string of the molecule is CC(C)NCc1cc(Cl)ccc1Oc1cc(Cl)ccc1Cl. The minimum Gasteiger partial charge on any atom is -0.455 e. The largest absolute Gasteiger partial charge is 0.455 e. The fraction of sp³-hybridized carbons (Fsp3) is 0.250. The van der Waals surface area contributed by atoms with Crippen LogP contribution in [0.3, 0.4) is 0 Å². The maximum atomic E-state index is 6.13. The molecule has 0 bridgehead atoms. The van der Waals surface area contributed by atoms with E-state index in [0.29, 0.717) is 39.2 Å². The Kier molecular flexibility index (Phi) is 5.77. The Bertz CT molecular complexity index is 629. The van der Waals surface area contributed by atoms with Gasteiger partial charge in [0.1, 0.15) is 11.5 Å². The van der Waals surface area contributed by atoms with E-state index >= 15 is 0 Å². The summed E-state index contributed by atoms with van der Waals surface area (Å²) < 4.78 is 5.89. The summed E-state index contributed by atoms with van der Waals surface area (Å²) in [6.07, 6.45) is 0. The summed E-state index contributed by atoms with van der Waals surface area (Å²) in [5.41, 5.74) is 0.965. The Morgan fingerprint density at radius 3 is 2.33 bits per heavy atom. The lowest BCUT2D eigenvalue weighted by Crippen LogP contribution is -2.22. The van der Waals surface area contributed by atoms with Gasteiger partial charge in [-0.3, -0.25) is 0 Å². The normalized spacial score (nSPS) is 11.0. The predicted molar refractivity (Wildman–Crippen MR) is 90.0 cm³/mol. The first kappa shape index (κ1) is 16.4. The first-order valence-electron chi connectivity index (χ1n) is 6.60. The molecule has 0 unspecified atom stereocenters. The van der Waals surface area contributed by atoms with Gasteiger partial charge < -0.3 is 10.1 Å². The summed E-state index contributed by atoms with van der Waals surface area (Å²) in [6.45, 7) is 4.82. The van der Waals surface area contributed by atoms with Crippen LogP contribution in [0.1, 0.15) is 19.4 Å². The van der Waals surface area contributed by atoms with E-state index in [2.05, 4.69) is 19.2 Å². The summed E-state index contributed by atoms with van der Waals surface area (Å²) in [4.78, 5) is 0. The number of rotatable bonds is 5. The van der Waals surface area contributed by atoms with Crippen molar-refractivity contribution >= 4 is 34.8 Å². The van der Waals surface area contributed by atoms with Crippen molar-refractivity contribution in [1.29, 1.82) is 0 Å². The van der Waals surface area contributed by atoms with Crippen LogP contribution in [0.25, 0.3) is 0 Å². The van der Waals surface area contributed by atoms with Crippen molar-refractivity contribution in [3.8, 4) is 11.5 Å². The van der Waals surface area contributed by atoms with Crippen LogP contribution in [0.15, 0.2) is 36.4 Å². The molecule has 5 heteroatoms. The monoisotopic (exact) mass is 343 g/mol. The molecule has 0 aliphatic rings. The van der Waals surface area contributed by atoms with Crippen molar-refractivity contribution in [2.24, 2.45) is 0 Å². The molecule has 21 heavy (non-hydrogen) atoms. The molecule has 1 N–H and O–H groups in total. The minimum absolute atomic E-state index is 0.367. The molecule has 0 aliphatic heterocycles. The molecular weight excluding hydrogens is 329 g/mol. The summed E-state index contributed by atoms with van der Waals surface area (Å²) >= 11 is 18.2. The van der Waals surface area contributed by atoms with Crippen LogP contribution in [-0.2, 0) is 6.54 Å². The van der Waals surface area contributed by atoms with Crippen LogP contribution >= 0.6 is 34.8 Å². The molecule has 0 atom stereocenters. The molecule has 2 rings (SSSR count). The molecule has 0 radical (unpaired) electrons. The van der Waals surface area contributed by atoms with E-state index in [4.69, 9.17) is 39.5 Å². The van der Waals surface area contributed by atoms with Gasteiger partial charge in [-0.1, -0.05) is 48.7 Å². The van der Waals surface area contributed by atoms with Crippen LogP contribution < -0.4 is 10.1 Å². The molecule has 112 valence electrons. The zero-order chi connectivity index (χ0) is 15.4. The van der Waals surface area contributed by atoms with Gasteiger partial charge in [0.05, 0.1) is 5.02 Å². The lowest BCUT2D eigenvalue weighted by molar-refractivity contribution is 0.470. The first-order valence-corrected chi connectivity index (χ1v) is 7.74. The maximum absolute atomic E-state index is 6.13. The third-order valence-corrected chi connectivity index (χ3v) is 3.62. The summed E-state index contributed by atoms with van der Waals surface area (Å²) in [6, 6.07) is 11.0. The molecule has 0 spiro atoms. The second kappa shape index (κ2) is 7.37. The highest BCUT2D eigenvalue weighted by Gasteiger charge is 2.10. The number of ether oxygens (including phenoxy) is 1. The van der Waals surface area contributed by atoms with E-state index in [0.717, 1.165) is 5.56 Å². The van der Waals surface area contributed by atoms with E-state index in [-0.39, 0.29) is 0 Å². The molecule has 0 aliphatic carbocycles. The van der Waals surface area contributed by atoms with Gasteiger partial charge in [-0.2, -0.15) is 0 Å². The van der Waals surface area contributed by atoms with E-state index < -0.39 is 0 Å². The van der Waals surface area contributed by atoms with Crippen molar-refractivity contribution in [3.05, 3.63) is 57.0 Å². The lowest BCUT2D eigenvalue weighted by atomic mass is 10.2. The Hall–Kier alpha value is -0.930. The van der Waals surface area contributed by atoms with E-state index in [1.807, 2.05) is 12.1 Å². The van der Waals surface area contributed by atoms with Gasteiger partial charge in [0.15, 0.2) is 0 Å². The van der Waals surface area contributed by atoms with Gasteiger partial charge in [0.2, 0.25) is 0 Å². The highest BCUT2D eigenvalue weighted by molar-refractivity contribution is 6.34. The number of nitrogens with one attached hydrogen (secondary N) is 1. The van der Waals surface area contributed by atoms with Gasteiger partial charge in [0.25, 0.3) is 0 Å². The molecule has 0 aromatic heterocycles. The zero-order valence-electron chi connectivity index (χ0n) is 11.8. The Labute approximate surface area is 140 Å². The zero-order valence-corrected chi connectivity index (χ0v) is 14.1. The summed E-state index contributed by atoms with van der Waals surface area (Å²) in [5.74, 6) is 1.23. The van der Waals surface area contributed by atoms with Crippen molar-refractivity contribution in [3.63, 3.8) is 0 Å². The Balaban J connectivity index is 2.28. The average molecular weight is 345 g/mol. The smallest absolute Gasteiger partial charge is 0.147 e. The highest BCUT2D eigenvalue weighted by atomic mass is 35.5. The third kappa shape index (κ3) is 4.79. The predicted octanol–water partition coefficient (Wildman–Crippen LogP) is 5.94. The number of hydrogen-bond donors (Lipinski definition) is 1. The van der Waals surface area contributed by atoms with Crippen LogP contribution in [-0.4, -0.2) is 6.04 Å². The standard InChI is InChI=1S/C16H16Cl3NO/c1-10(2)20-9-11-7-12(17)4-6-15(11)21-16-8-13(18)3-5-14(16)19/h3-8,10,20H,9H2,1-2H3. The van der Waals surface area contributed by atoms with Crippen molar-refractivity contribution < 1.29 is 4.74 Å². The van der Waals surface area contributed by atoms with Gasteiger partial charge in [-0.15, -0.1) is 0 Å². The molecular formula is C16H16Cl3NO. The molecule has 2 aromatic carbocycles. The quantitative estimate of drug-likeness (QED) is 0.725. The molecule has 0 saturated carbocycles. The van der Waals surface area contributed by atoms with Crippen molar-refractivity contribution in [2.75, 3.05) is 0 Å². The Morgan fingerprint density at radius 1 is 0.952 bits per heavy atom. The van der Waals surface area contributed by atoms with Gasteiger partial charge in [-0.25, -0.2) is 0 Å².